The molecule has 4 nitrogen and oxygen atoms in total. The fourth-order valence-corrected chi connectivity index (χ4v) is 4.04. The van der Waals surface area contributed by atoms with Crippen molar-refractivity contribution in [2.75, 3.05) is 6.54 Å². The lowest BCUT2D eigenvalue weighted by Gasteiger charge is -2.23. The van der Waals surface area contributed by atoms with Crippen molar-refractivity contribution in [3.8, 4) is 0 Å². The smallest absolute Gasteiger partial charge is 0.261 e. The van der Waals surface area contributed by atoms with E-state index >= 15 is 0 Å². The Labute approximate surface area is 137 Å². The Morgan fingerprint density at radius 1 is 1.22 bits per heavy atom. The second-order valence-electron chi connectivity index (χ2n) is 5.65. The summed E-state index contributed by atoms with van der Waals surface area (Å²) < 4.78 is 5.49. The summed E-state index contributed by atoms with van der Waals surface area (Å²) in [6.45, 7) is 0.674. The molecule has 1 saturated heterocycles. The molecule has 1 aromatic carbocycles. The predicted molar refractivity (Wildman–Crippen MR) is 89.8 cm³/mol. The molecule has 0 radical (unpaired) electrons. The van der Waals surface area contributed by atoms with Crippen molar-refractivity contribution in [1.82, 2.24) is 4.90 Å². The number of carbonyl (C=O) groups is 1. The molecule has 23 heavy (non-hydrogen) atoms. The number of hydrogen-bond acceptors (Lipinski definition) is 4. The summed E-state index contributed by atoms with van der Waals surface area (Å²) in [6, 6.07) is 11.1. The maximum Gasteiger partial charge on any atom is 0.261 e. The van der Waals surface area contributed by atoms with E-state index in [1.807, 2.05) is 17.5 Å². The molecule has 4 rings (SSSR count). The molecule has 5 heteroatoms. The zero-order chi connectivity index (χ0) is 15.8. The highest BCUT2D eigenvalue weighted by molar-refractivity contribution is 7.10. The molecule has 0 aliphatic carbocycles. The molecule has 1 aliphatic heterocycles. The Kier molecular flexibility index (Phi) is 3.50. The van der Waals surface area contributed by atoms with Crippen LogP contribution in [0.25, 0.3) is 11.0 Å². The lowest BCUT2D eigenvalue weighted by molar-refractivity contribution is 0.0734. The van der Waals surface area contributed by atoms with Crippen LogP contribution < -0.4 is 5.43 Å². The van der Waals surface area contributed by atoms with Crippen LogP contribution in [0.3, 0.4) is 0 Å². The van der Waals surface area contributed by atoms with Crippen LogP contribution in [0.2, 0.25) is 0 Å². The summed E-state index contributed by atoms with van der Waals surface area (Å²) in [6.07, 6.45) is 3.19. The largest absolute Gasteiger partial charge is 0.463 e. The van der Waals surface area contributed by atoms with Gasteiger partial charge in [0.25, 0.3) is 5.91 Å². The van der Waals surface area contributed by atoms with Gasteiger partial charge in [0, 0.05) is 11.4 Å². The molecule has 0 bridgehead atoms. The number of carbonyl (C=O) groups excluding carboxylic acids is 1. The van der Waals surface area contributed by atoms with Gasteiger partial charge in [-0.3, -0.25) is 9.59 Å². The van der Waals surface area contributed by atoms with Gasteiger partial charge in [-0.2, -0.15) is 0 Å². The second-order valence-corrected chi connectivity index (χ2v) is 6.63. The van der Waals surface area contributed by atoms with Gasteiger partial charge < -0.3 is 9.32 Å². The molecule has 2 aromatic heterocycles. The Balaban J connectivity index is 1.74. The van der Waals surface area contributed by atoms with E-state index in [1.54, 1.807) is 40.5 Å². The molecule has 1 atom stereocenters. The number of amides is 1. The molecule has 1 fully saturated rings. The molecule has 0 N–H and O–H groups in total. The first kappa shape index (κ1) is 14.2. The Morgan fingerprint density at radius 3 is 2.91 bits per heavy atom. The minimum Gasteiger partial charge on any atom is -0.463 e. The van der Waals surface area contributed by atoms with Crippen molar-refractivity contribution < 1.29 is 9.21 Å². The molecule has 1 aliphatic rings. The second kappa shape index (κ2) is 5.66. The minimum absolute atomic E-state index is 0.0633. The van der Waals surface area contributed by atoms with Gasteiger partial charge in [-0.25, -0.2) is 0 Å². The summed E-state index contributed by atoms with van der Waals surface area (Å²) in [4.78, 5) is 28.5. The molecular formula is C18H15NO3S. The monoisotopic (exact) mass is 325 g/mol. The highest BCUT2D eigenvalue weighted by atomic mass is 32.1. The summed E-state index contributed by atoms with van der Waals surface area (Å²) in [7, 11) is 0. The van der Waals surface area contributed by atoms with Gasteiger partial charge in [0.1, 0.15) is 17.4 Å². The summed E-state index contributed by atoms with van der Waals surface area (Å²) in [5.74, 6) is -0.236. The minimum atomic E-state index is -0.256. The zero-order valence-corrected chi connectivity index (χ0v) is 13.2. The third-order valence-corrected chi connectivity index (χ3v) is 5.27. The fraction of sp³-hybridized carbons (Fsp3) is 0.222. The van der Waals surface area contributed by atoms with E-state index in [0.29, 0.717) is 17.5 Å². The van der Waals surface area contributed by atoms with Gasteiger partial charge in [0.05, 0.1) is 11.4 Å². The van der Waals surface area contributed by atoms with E-state index in [0.717, 1.165) is 12.8 Å². The van der Waals surface area contributed by atoms with Crippen LogP contribution in [0.15, 0.2) is 57.3 Å². The van der Waals surface area contributed by atoms with Crippen LogP contribution in [-0.2, 0) is 0 Å². The van der Waals surface area contributed by atoms with Crippen LogP contribution in [0.1, 0.15) is 34.1 Å². The van der Waals surface area contributed by atoms with Crippen molar-refractivity contribution in [1.29, 1.82) is 0 Å². The highest BCUT2D eigenvalue weighted by Crippen LogP contribution is 2.35. The summed E-state index contributed by atoms with van der Waals surface area (Å²) in [5, 5.41) is 2.46. The van der Waals surface area contributed by atoms with E-state index in [9.17, 15) is 9.59 Å². The van der Waals surface area contributed by atoms with Crippen molar-refractivity contribution >= 4 is 28.2 Å². The predicted octanol–water partition coefficient (Wildman–Crippen LogP) is 3.83. The average Bonchev–Trinajstić information content (AvgIpc) is 3.26. The topological polar surface area (TPSA) is 50.5 Å². The maximum atomic E-state index is 12.9. The molecule has 116 valence electrons. The Morgan fingerprint density at radius 2 is 2.09 bits per heavy atom. The van der Waals surface area contributed by atoms with Gasteiger partial charge in [-0.1, -0.05) is 18.2 Å². The van der Waals surface area contributed by atoms with E-state index in [2.05, 4.69) is 0 Å². The molecule has 3 aromatic rings. The van der Waals surface area contributed by atoms with Crippen LogP contribution in [0.5, 0.6) is 0 Å². The first-order valence-electron chi connectivity index (χ1n) is 7.60. The van der Waals surface area contributed by atoms with Crippen molar-refractivity contribution in [3.05, 3.63) is 68.7 Å². The SMILES string of the molecule is O=C(c1coc2ccccc2c1=O)N1CCC[C@@H]1c1cccs1. The van der Waals surface area contributed by atoms with Crippen LogP contribution in [0, 0.1) is 0 Å². The van der Waals surface area contributed by atoms with Gasteiger partial charge >= 0.3 is 0 Å². The lowest BCUT2D eigenvalue weighted by Crippen LogP contribution is -2.33. The molecule has 3 heterocycles. The van der Waals surface area contributed by atoms with Crippen LogP contribution in [-0.4, -0.2) is 17.4 Å². The molecule has 0 saturated carbocycles. The molecule has 0 unspecified atom stereocenters. The van der Waals surface area contributed by atoms with Crippen LogP contribution in [0.4, 0.5) is 0 Å². The zero-order valence-electron chi connectivity index (χ0n) is 12.4. The first-order valence-corrected chi connectivity index (χ1v) is 8.48. The first-order chi connectivity index (χ1) is 11.3. The molecule has 1 amide bonds. The van der Waals surface area contributed by atoms with Crippen molar-refractivity contribution in [2.45, 2.75) is 18.9 Å². The van der Waals surface area contributed by atoms with Gasteiger partial charge in [0.2, 0.25) is 5.43 Å². The van der Waals surface area contributed by atoms with E-state index in [1.165, 1.54) is 11.1 Å². The summed E-state index contributed by atoms with van der Waals surface area (Å²) in [5.41, 5.74) is 0.367. The average molecular weight is 325 g/mol. The van der Waals surface area contributed by atoms with E-state index in [-0.39, 0.29) is 22.9 Å². The number of para-hydroxylation sites is 1. The number of likely N-dealkylation sites (tertiary alicyclic amines) is 1. The third-order valence-electron chi connectivity index (χ3n) is 4.30. The quantitative estimate of drug-likeness (QED) is 0.719. The van der Waals surface area contributed by atoms with Gasteiger partial charge in [-0.05, 0) is 36.4 Å². The van der Waals surface area contributed by atoms with E-state index < -0.39 is 0 Å². The maximum absolute atomic E-state index is 12.9. The number of benzene rings is 1. The lowest BCUT2D eigenvalue weighted by atomic mass is 10.1. The number of thiophene rings is 1. The Bertz CT molecular complexity index is 913. The molecule has 0 spiro atoms. The number of hydrogen-bond donors (Lipinski definition) is 0. The van der Waals surface area contributed by atoms with Crippen LogP contribution >= 0.6 is 11.3 Å². The fourth-order valence-electron chi connectivity index (χ4n) is 3.17. The third kappa shape index (κ3) is 2.37. The summed E-state index contributed by atoms with van der Waals surface area (Å²) >= 11 is 1.65. The van der Waals surface area contributed by atoms with Crippen molar-refractivity contribution in [2.24, 2.45) is 0 Å². The van der Waals surface area contributed by atoms with Crippen molar-refractivity contribution in [3.63, 3.8) is 0 Å². The van der Waals surface area contributed by atoms with Gasteiger partial charge in [0.15, 0.2) is 0 Å². The normalized spacial score (nSPS) is 17.7. The molecular weight excluding hydrogens is 310 g/mol. The van der Waals surface area contributed by atoms with Gasteiger partial charge in [-0.15, -0.1) is 11.3 Å². The highest BCUT2D eigenvalue weighted by Gasteiger charge is 2.32. The number of rotatable bonds is 2. The Hall–Kier alpha value is -2.40. The number of fused-ring (bicyclic) bond motifs is 1. The standard InChI is InChI=1S/C18H15NO3S/c20-17-12-5-1-2-7-15(12)22-11-13(17)18(21)19-9-3-6-14(19)16-8-4-10-23-16/h1-2,4-5,7-8,10-11,14H,3,6,9H2/t14-/m1/s1. The number of nitrogens with zero attached hydrogens (tertiary/aromatic N) is 1. The van der Waals surface area contributed by atoms with E-state index in [4.69, 9.17) is 4.42 Å².